The Morgan fingerprint density at radius 3 is 2.79 bits per heavy atom. The van der Waals surface area contributed by atoms with E-state index in [1.54, 1.807) is 12.4 Å². The number of imidazole rings is 1. The molecule has 0 spiro atoms. The number of aromatic nitrogens is 3. The fourth-order valence-corrected chi connectivity index (χ4v) is 3.59. The van der Waals surface area contributed by atoms with Gasteiger partial charge in [0.05, 0.1) is 24.0 Å². The van der Waals surface area contributed by atoms with Crippen molar-refractivity contribution in [3.8, 4) is 17.2 Å². The van der Waals surface area contributed by atoms with Gasteiger partial charge < -0.3 is 4.57 Å². The van der Waals surface area contributed by atoms with Crippen molar-refractivity contribution in [2.75, 3.05) is 0 Å². The standard InChI is InChI=1S/C20H18N4/c21-12-15-5-6-18(19(11-15)16-7-9-22-10-8-16)20-4-2-1-3-17-13-23-14-24(17)20/h5-11,13-14,20H,1-4H2. The predicted molar refractivity (Wildman–Crippen MR) is 92.3 cm³/mol. The van der Waals surface area contributed by atoms with E-state index in [4.69, 9.17) is 0 Å². The SMILES string of the molecule is N#Cc1ccc(C2CCCCc3cncn32)c(-c2ccncc2)c1. The second kappa shape index (κ2) is 6.29. The highest BCUT2D eigenvalue weighted by atomic mass is 15.1. The van der Waals surface area contributed by atoms with E-state index in [0.29, 0.717) is 5.56 Å². The van der Waals surface area contributed by atoms with E-state index in [9.17, 15) is 5.26 Å². The molecule has 3 aromatic rings. The van der Waals surface area contributed by atoms with Crippen molar-refractivity contribution >= 4 is 0 Å². The van der Waals surface area contributed by atoms with E-state index >= 15 is 0 Å². The predicted octanol–water partition coefficient (Wildman–Crippen LogP) is 4.13. The molecule has 0 amide bonds. The molecule has 24 heavy (non-hydrogen) atoms. The van der Waals surface area contributed by atoms with Gasteiger partial charge in [-0.25, -0.2) is 4.98 Å². The van der Waals surface area contributed by atoms with E-state index in [0.717, 1.165) is 24.0 Å². The molecule has 0 bridgehead atoms. The number of hydrogen-bond acceptors (Lipinski definition) is 3. The smallest absolute Gasteiger partial charge is 0.0991 e. The number of benzene rings is 1. The number of hydrogen-bond donors (Lipinski definition) is 0. The molecular weight excluding hydrogens is 296 g/mol. The monoisotopic (exact) mass is 314 g/mol. The lowest BCUT2D eigenvalue weighted by Crippen LogP contribution is -2.12. The molecule has 0 radical (unpaired) electrons. The first-order valence-electron chi connectivity index (χ1n) is 8.32. The molecule has 3 heterocycles. The highest BCUT2D eigenvalue weighted by Gasteiger charge is 2.22. The molecule has 0 aliphatic carbocycles. The van der Waals surface area contributed by atoms with E-state index in [2.05, 4.69) is 26.7 Å². The molecule has 1 aromatic carbocycles. The lowest BCUT2D eigenvalue weighted by Gasteiger charge is -2.22. The minimum Gasteiger partial charge on any atom is -0.327 e. The molecule has 0 fully saturated rings. The van der Waals surface area contributed by atoms with Gasteiger partial charge in [-0.05, 0) is 60.2 Å². The summed E-state index contributed by atoms with van der Waals surface area (Å²) < 4.78 is 2.30. The molecule has 4 rings (SSSR count). The lowest BCUT2D eigenvalue weighted by atomic mass is 9.91. The van der Waals surface area contributed by atoms with Crippen LogP contribution in [0.1, 0.15) is 42.1 Å². The summed E-state index contributed by atoms with van der Waals surface area (Å²) in [5.74, 6) is 0. The van der Waals surface area contributed by atoms with Gasteiger partial charge in [0.2, 0.25) is 0 Å². The van der Waals surface area contributed by atoms with Crippen LogP contribution in [-0.4, -0.2) is 14.5 Å². The molecule has 1 atom stereocenters. The Morgan fingerprint density at radius 1 is 1.08 bits per heavy atom. The van der Waals surface area contributed by atoms with Crippen molar-refractivity contribution in [1.82, 2.24) is 14.5 Å². The number of rotatable bonds is 2. The molecule has 1 aliphatic heterocycles. The Hall–Kier alpha value is -2.93. The first-order valence-corrected chi connectivity index (χ1v) is 8.32. The third kappa shape index (κ3) is 2.59. The van der Waals surface area contributed by atoms with Gasteiger partial charge in [-0.3, -0.25) is 4.98 Å². The fourth-order valence-electron chi connectivity index (χ4n) is 3.59. The summed E-state index contributed by atoms with van der Waals surface area (Å²) in [5.41, 5.74) is 5.44. The molecule has 0 saturated carbocycles. The third-order valence-electron chi connectivity index (χ3n) is 4.78. The van der Waals surface area contributed by atoms with Gasteiger partial charge in [-0.1, -0.05) is 12.5 Å². The highest BCUT2D eigenvalue weighted by molar-refractivity contribution is 5.69. The Labute approximate surface area is 141 Å². The number of nitrogens with zero attached hydrogens (tertiary/aromatic N) is 4. The van der Waals surface area contributed by atoms with Crippen LogP contribution in [0.4, 0.5) is 0 Å². The summed E-state index contributed by atoms with van der Waals surface area (Å²) in [6, 6.07) is 12.6. The molecule has 0 saturated heterocycles. The molecule has 118 valence electrons. The molecular formula is C20H18N4. The zero-order valence-corrected chi connectivity index (χ0v) is 13.4. The minimum atomic E-state index is 0.265. The normalized spacial score (nSPS) is 16.9. The van der Waals surface area contributed by atoms with Gasteiger partial charge in [-0.15, -0.1) is 0 Å². The average molecular weight is 314 g/mol. The Kier molecular flexibility index (Phi) is 3.84. The third-order valence-corrected chi connectivity index (χ3v) is 4.78. The van der Waals surface area contributed by atoms with Crippen molar-refractivity contribution in [1.29, 1.82) is 5.26 Å². The first-order chi connectivity index (χ1) is 11.9. The maximum atomic E-state index is 9.30. The van der Waals surface area contributed by atoms with Gasteiger partial charge in [0, 0.05) is 24.3 Å². The summed E-state index contributed by atoms with van der Waals surface area (Å²) in [6.45, 7) is 0. The highest BCUT2D eigenvalue weighted by Crippen LogP contribution is 2.36. The molecule has 4 heteroatoms. The van der Waals surface area contributed by atoms with Crippen molar-refractivity contribution in [2.24, 2.45) is 0 Å². The number of nitriles is 1. The second-order valence-corrected chi connectivity index (χ2v) is 6.20. The van der Waals surface area contributed by atoms with Gasteiger partial charge >= 0.3 is 0 Å². The van der Waals surface area contributed by atoms with Crippen LogP contribution in [0.3, 0.4) is 0 Å². The van der Waals surface area contributed by atoms with Crippen molar-refractivity contribution in [2.45, 2.75) is 31.7 Å². The van der Waals surface area contributed by atoms with E-state index in [-0.39, 0.29) is 6.04 Å². The van der Waals surface area contributed by atoms with Crippen LogP contribution < -0.4 is 0 Å². The average Bonchev–Trinajstić information content (AvgIpc) is 3.02. The molecule has 0 N–H and O–H groups in total. The van der Waals surface area contributed by atoms with Crippen LogP contribution >= 0.6 is 0 Å². The summed E-state index contributed by atoms with van der Waals surface area (Å²) in [7, 11) is 0. The van der Waals surface area contributed by atoms with Crippen LogP contribution in [-0.2, 0) is 6.42 Å². The van der Waals surface area contributed by atoms with Crippen LogP contribution in [0, 0.1) is 11.3 Å². The maximum absolute atomic E-state index is 9.30. The Morgan fingerprint density at radius 2 is 1.96 bits per heavy atom. The molecule has 2 aromatic heterocycles. The largest absolute Gasteiger partial charge is 0.327 e. The Balaban J connectivity index is 1.89. The topological polar surface area (TPSA) is 54.5 Å². The van der Waals surface area contributed by atoms with Gasteiger partial charge in [0.15, 0.2) is 0 Å². The quantitative estimate of drug-likeness (QED) is 0.714. The number of pyridine rings is 1. The lowest BCUT2D eigenvalue weighted by molar-refractivity contribution is 0.537. The Bertz CT molecular complexity index is 890. The zero-order valence-electron chi connectivity index (χ0n) is 13.4. The van der Waals surface area contributed by atoms with Gasteiger partial charge in [0.1, 0.15) is 0 Å². The van der Waals surface area contributed by atoms with Crippen LogP contribution in [0.25, 0.3) is 11.1 Å². The van der Waals surface area contributed by atoms with E-state index in [1.165, 1.54) is 24.1 Å². The van der Waals surface area contributed by atoms with Crippen LogP contribution in [0.2, 0.25) is 0 Å². The maximum Gasteiger partial charge on any atom is 0.0991 e. The zero-order chi connectivity index (χ0) is 16.4. The molecule has 1 aliphatic rings. The number of aryl methyl sites for hydroxylation is 1. The molecule has 4 nitrogen and oxygen atoms in total. The van der Waals surface area contributed by atoms with Crippen molar-refractivity contribution < 1.29 is 0 Å². The van der Waals surface area contributed by atoms with Crippen LogP contribution in [0.5, 0.6) is 0 Å². The first kappa shape index (κ1) is 14.6. The van der Waals surface area contributed by atoms with Crippen LogP contribution in [0.15, 0.2) is 55.2 Å². The van der Waals surface area contributed by atoms with E-state index in [1.807, 2.05) is 36.8 Å². The van der Waals surface area contributed by atoms with Crippen molar-refractivity contribution in [3.05, 3.63) is 72.1 Å². The summed E-state index contributed by atoms with van der Waals surface area (Å²) in [4.78, 5) is 8.48. The van der Waals surface area contributed by atoms with Gasteiger partial charge in [0.25, 0.3) is 0 Å². The molecule has 1 unspecified atom stereocenters. The summed E-state index contributed by atoms with van der Waals surface area (Å²) >= 11 is 0. The minimum absolute atomic E-state index is 0.265. The summed E-state index contributed by atoms with van der Waals surface area (Å²) in [6.07, 6.45) is 12.1. The van der Waals surface area contributed by atoms with Gasteiger partial charge in [-0.2, -0.15) is 5.26 Å². The second-order valence-electron chi connectivity index (χ2n) is 6.20. The number of fused-ring (bicyclic) bond motifs is 1. The van der Waals surface area contributed by atoms with Crippen molar-refractivity contribution in [3.63, 3.8) is 0 Å². The fraction of sp³-hybridized carbons (Fsp3) is 0.250. The van der Waals surface area contributed by atoms with E-state index < -0.39 is 0 Å². The summed E-state index contributed by atoms with van der Waals surface area (Å²) in [5, 5.41) is 9.30.